The fourth-order valence-corrected chi connectivity index (χ4v) is 2.16. The fourth-order valence-electron chi connectivity index (χ4n) is 2.16. The van der Waals surface area contributed by atoms with Crippen LogP contribution in [0.5, 0.6) is 0 Å². The normalized spacial score (nSPS) is 13.5. The first-order valence-corrected chi connectivity index (χ1v) is 9.57. The molecule has 8 nitrogen and oxygen atoms in total. The Hall–Kier alpha value is -2.38. The summed E-state index contributed by atoms with van der Waals surface area (Å²) in [4.78, 5) is 35.6. The molecule has 1 fully saturated rings. The van der Waals surface area contributed by atoms with Crippen LogP contribution in [-0.2, 0) is 4.74 Å². The maximum atomic E-state index is 12.0. The topological polar surface area (TPSA) is 87.7 Å². The molecule has 2 heterocycles. The van der Waals surface area contributed by atoms with E-state index in [1.54, 1.807) is 11.9 Å². The Morgan fingerprint density at radius 2 is 1.48 bits per heavy atom. The van der Waals surface area contributed by atoms with Gasteiger partial charge in [-0.2, -0.15) is 0 Å². The Bertz CT molecular complexity index is 562. The summed E-state index contributed by atoms with van der Waals surface area (Å²) in [6.45, 7) is 15.9. The van der Waals surface area contributed by atoms with Crippen molar-refractivity contribution in [3.8, 4) is 0 Å². The number of nitrogens with zero attached hydrogens (tertiary/aromatic N) is 4. The van der Waals surface area contributed by atoms with E-state index in [4.69, 9.17) is 4.74 Å². The van der Waals surface area contributed by atoms with Gasteiger partial charge in [0.1, 0.15) is 5.60 Å². The summed E-state index contributed by atoms with van der Waals surface area (Å²) in [6, 6.07) is 0. The number of anilines is 1. The molecule has 1 aliphatic rings. The molecule has 2 amide bonds. The van der Waals surface area contributed by atoms with Crippen molar-refractivity contribution in [3.05, 3.63) is 18.0 Å². The highest BCUT2D eigenvalue weighted by Crippen LogP contribution is 2.14. The second kappa shape index (κ2) is 12.1. The summed E-state index contributed by atoms with van der Waals surface area (Å²) >= 11 is 0. The highest BCUT2D eigenvalue weighted by atomic mass is 16.6. The van der Waals surface area contributed by atoms with Crippen LogP contribution in [0.15, 0.2) is 12.4 Å². The molecular formula is C19H35N5O3. The molecule has 154 valence electrons. The van der Waals surface area contributed by atoms with Gasteiger partial charge in [0.05, 0.1) is 5.56 Å². The van der Waals surface area contributed by atoms with Crippen molar-refractivity contribution in [2.45, 2.75) is 54.1 Å². The molecule has 0 atom stereocenters. The summed E-state index contributed by atoms with van der Waals surface area (Å²) in [5, 5.41) is 2.53. The lowest BCUT2D eigenvalue weighted by Gasteiger charge is -2.35. The molecule has 8 heteroatoms. The third-order valence-electron chi connectivity index (χ3n) is 3.34. The summed E-state index contributed by atoms with van der Waals surface area (Å²) in [7, 11) is 1.56. The molecule has 1 N–H and O–H groups in total. The van der Waals surface area contributed by atoms with Gasteiger partial charge in [0.25, 0.3) is 5.91 Å². The van der Waals surface area contributed by atoms with Crippen LogP contribution in [0.1, 0.15) is 58.8 Å². The molecule has 27 heavy (non-hydrogen) atoms. The smallest absolute Gasteiger partial charge is 0.410 e. The van der Waals surface area contributed by atoms with Crippen molar-refractivity contribution in [2.75, 3.05) is 38.1 Å². The first-order valence-electron chi connectivity index (χ1n) is 9.57. The number of piperazine rings is 1. The van der Waals surface area contributed by atoms with Gasteiger partial charge < -0.3 is 19.9 Å². The molecule has 0 saturated carbocycles. The maximum Gasteiger partial charge on any atom is 0.410 e. The van der Waals surface area contributed by atoms with Crippen molar-refractivity contribution in [3.63, 3.8) is 0 Å². The lowest BCUT2D eigenvalue weighted by atomic mass is 10.2. The summed E-state index contributed by atoms with van der Waals surface area (Å²) in [5.41, 5.74) is -0.0730. The average Bonchev–Trinajstić information content (AvgIpc) is 2.69. The number of carbonyl (C=O) groups excluding carboxylic acids is 2. The van der Waals surface area contributed by atoms with Gasteiger partial charge in [0, 0.05) is 45.6 Å². The van der Waals surface area contributed by atoms with Crippen LogP contribution in [0.25, 0.3) is 0 Å². The Balaban J connectivity index is 0.00000158. The van der Waals surface area contributed by atoms with Gasteiger partial charge in [-0.1, -0.05) is 27.7 Å². The van der Waals surface area contributed by atoms with Crippen LogP contribution in [0, 0.1) is 0 Å². The number of aromatic nitrogens is 2. The van der Waals surface area contributed by atoms with E-state index in [0.717, 1.165) is 0 Å². The SMILES string of the molecule is CC.CC.CNC(=O)c1cnc(N2CCN(C(=O)OC(C)(C)C)CC2)nc1. The van der Waals surface area contributed by atoms with E-state index in [2.05, 4.69) is 15.3 Å². The van der Waals surface area contributed by atoms with E-state index < -0.39 is 5.60 Å². The molecule has 0 aliphatic carbocycles. The predicted molar refractivity (Wildman–Crippen MR) is 108 cm³/mol. The minimum Gasteiger partial charge on any atom is -0.444 e. The zero-order valence-corrected chi connectivity index (χ0v) is 18.0. The molecule has 0 unspecified atom stereocenters. The third-order valence-corrected chi connectivity index (χ3v) is 3.34. The summed E-state index contributed by atoms with van der Waals surface area (Å²) < 4.78 is 5.37. The zero-order chi connectivity index (χ0) is 21.0. The van der Waals surface area contributed by atoms with Crippen LogP contribution < -0.4 is 10.2 Å². The predicted octanol–water partition coefficient (Wildman–Crippen LogP) is 2.95. The average molecular weight is 382 g/mol. The highest BCUT2D eigenvalue weighted by Gasteiger charge is 2.26. The van der Waals surface area contributed by atoms with Crippen molar-refractivity contribution < 1.29 is 14.3 Å². The Labute approximate surface area is 163 Å². The number of hydrogen-bond acceptors (Lipinski definition) is 6. The van der Waals surface area contributed by atoms with E-state index >= 15 is 0 Å². The molecule has 0 spiro atoms. The van der Waals surface area contributed by atoms with E-state index in [9.17, 15) is 9.59 Å². The monoisotopic (exact) mass is 381 g/mol. The Kier molecular flexibility index (Phi) is 11.0. The third kappa shape index (κ3) is 8.23. The second-order valence-electron chi connectivity index (χ2n) is 6.31. The lowest BCUT2D eigenvalue weighted by Crippen LogP contribution is -2.50. The molecule has 2 rings (SSSR count). The van der Waals surface area contributed by atoms with Crippen LogP contribution in [0.2, 0.25) is 0 Å². The van der Waals surface area contributed by atoms with Gasteiger partial charge >= 0.3 is 6.09 Å². The molecule has 1 saturated heterocycles. The first-order chi connectivity index (χ1) is 12.8. The van der Waals surface area contributed by atoms with Gasteiger partial charge in [0.15, 0.2) is 0 Å². The van der Waals surface area contributed by atoms with Gasteiger partial charge in [0.2, 0.25) is 5.95 Å². The van der Waals surface area contributed by atoms with Crippen LogP contribution >= 0.6 is 0 Å². The number of rotatable bonds is 2. The number of hydrogen-bond donors (Lipinski definition) is 1. The van der Waals surface area contributed by atoms with E-state index in [0.29, 0.717) is 37.7 Å². The first kappa shape index (κ1) is 24.6. The fraction of sp³-hybridized carbons (Fsp3) is 0.684. The van der Waals surface area contributed by atoms with Crippen LogP contribution in [-0.4, -0.2) is 65.7 Å². The molecule has 1 aliphatic heterocycles. The molecule has 0 bridgehead atoms. The Morgan fingerprint density at radius 3 is 1.89 bits per heavy atom. The quantitative estimate of drug-likeness (QED) is 0.847. The van der Waals surface area contributed by atoms with Gasteiger partial charge in [-0.05, 0) is 20.8 Å². The number of carbonyl (C=O) groups is 2. The minimum atomic E-state index is -0.493. The van der Waals surface area contributed by atoms with Crippen LogP contribution in [0.3, 0.4) is 0 Å². The van der Waals surface area contributed by atoms with E-state index in [-0.39, 0.29) is 12.0 Å². The van der Waals surface area contributed by atoms with E-state index in [1.807, 2.05) is 53.4 Å². The van der Waals surface area contributed by atoms with Gasteiger partial charge in [-0.15, -0.1) is 0 Å². The second-order valence-corrected chi connectivity index (χ2v) is 6.31. The van der Waals surface area contributed by atoms with E-state index in [1.165, 1.54) is 12.4 Å². The number of ether oxygens (including phenoxy) is 1. The van der Waals surface area contributed by atoms with Crippen molar-refractivity contribution in [1.29, 1.82) is 0 Å². The number of amides is 2. The molecule has 0 radical (unpaired) electrons. The highest BCUT2D eigenvalue weighted by molar-refractivity contribution is 5.93. The molecular weight excluding hydrogens is 346 g/mol. The standard InChI is InChI=1S/C15H23N5O3.2C2H6/c1-15(2,3)23-14(22)20-7-5-19(6-8-20)13-17-9-11(10-18-13)12(21)16-4;2*1-2/h9-10H,5-8H2,1-4H3,(H,16,21);2*1-2H3. The van der Waals surface area contributed by atoms with Crippen molar-refractivity contribution in [1.82, 2.24) is 20.2 Å². The van der Waals surface area contributed by atoms with Crippen molar-refractivity contribution >= 4 is 17.9 Å². The molecule has 1 aromatic heterocycles. The Morgan fingerprint density at radius 1 is 1.00 bits per heavy atom. The maximum absolute atomic E-state index is 12.0. The summed E-state index contributed by atoms with van der Waals surface area (Å²) in [5.74, 6) is 0.341. The summed E-state index contributed by atoms with van der Waals surface area (Å²) in [6.07, 6.45) is 2.70. The molecule has 1 aromatic rings. The van der Waals surface area contributed by atoms with Gasteiger partial charge in [-0.25, -0.2) is 14.8 Å². The van der Waals surface area contributed by atoms with Crippen molar-refractivity contribution in [2.24, 2.45) is 0 Å². The lowest BCUT2D eigenvalue weighted by molar-refractivity contribution is 0.0240. The van der Waals surface area contributed by atoms with Crippen LogP contribution in [0.4, 0.5) is 10.7 Å². The zero-order valence-electron chi connectivity index (χ0n) is 18.0. The largest absolute Gasteiger partial charge is 0.444 e. The van der Waals surface area contributed by atoms with Gasteiger partial charge in [-0.3, -0.25) is 4.79 Å². The minimum absolute atomic E-state index is 0.216. The number of nitrogens with one attached hydrogen (secondary N) is 1. The molecule has 0 aromatic carbocycles.